The first kappa shape index (κ1) is 9.27. The second-order valence-electron chi connectivity index (χ2n) is 2.78. The fourth-order valence-corrected chi connectivity index (χ4v) is 0.894. The van der Waals surface area contributed by atoms with Crippen LogP contribution >= 0.6 is 22.6 Å². The first-order chi connectivity index (χ1) is 3.85. The van der Waals surface area contributed by atoms with Crippen molar-refractivity contribution in [1.29, 1.82) is 0 Å². The van der Waals surface area contributed by atoms with Gasteiger partial charge in [-0.3, -0.25) is 0 Å². The molecule has 0 bridgehead atoms. The molecule has 1 nitrogen and oxygen atoms in total. The van der Waals surface area contributed by atoms with Gasteiger partial charge in [-0.15, -0.1) is 0 Å². The van der Waals surface area contributed by atoms with Gasteiger partial charge in [0.15, 0.2) is 0 Å². The van der Waals surface area contributed by atoms with Crippen LogP contribution in [-0.4, -0.2) is 3.42 Å². The van der Waals surface area contributed by atoms with E-state index in [1.807, 2.05) is 6.92 Å². The third-order valence-corrected chi connectivity index (χ3v) is 2.29. The lowest BCUT2D eigenvalue weighted by atomic mass is 10.0. The molecule has 0 aromatic heterocycles. The maximum absolute atomic E-state index is 5.60. The first-order valence-electron chi connectivity index (χ1n) is 2.98. The van der Waals surface area contributed by atoms with Gasteiger partial charge in [0, 0.05) is 9.12 Å². The molecule has 0 aliphatic rings. The summed E-state index contributed by atoms with van der Waals surface area (Å²) in [6.45, 7) is 8.32. The summed E-state index contributed by atoms with van der Waals surface area (Å²) in [6, 6.07) is 0. The summed E-state index contributed by atoms with van der Waals surface area (Å²) in [7, 11) is 0. The van der Waals surface area contributed by atoms with Crippen molar-refractivity contribution in [2.75, 3.05) is 0 Å². The van der Waals surface area contributed by atoms with Crippen molar-refractivity contribution < 1.29 is 0 Å². The Morgan fingerprint density at radius 2 is 1.67 bits per heavy atom. The van der Waals surface area contributed by atoms with E-state index in [9.17, 15) is 0 Å². The molecule has 0 heterocycles. The standard InChI is InChI=1S/C7H14IN/c1-5(6(2)9)7(3,4)8/h9H2,1-4H3/b6-5+. The number of hydrogen-bond acceptors (Lipinski definition) is 1. The molecule has 2 N–H and O–H groups in total. The smallest absolute Gasteiger partial charge is 0.0390 e. The van der Waals surface area contributed by atoms with Crippen LogP contribution in [0.3, 0.4) is 0 Å². The second-order valence-corrected chi connectivity index (χ2v) is 5.48. The minimum atomic E-state index is 0.205. The number of halogens is 1. The van der Waals surface area contributed by atoms with E-state index in [4.69, 9.17) is 5.73 Å². The normalized spacial score (nSPS) is 15.2. The largest absolute Gasteiger partial charge is 0.402 e. The Hall–Kier alpha value is 0.270. The summed E-state index contributed by atoms with van der Waals surface area (Å²) in [6.07, 6.45) is 0. The fraction of sp³-hybridized carbons (Fsp3) is 0.714. The van der Waals surface area contributed by atoms with Gasteiger partial charge in [0.1, 0.15) is 0 Å². The van der Waals surface area contributed by atoms with Crippen molar-refractivity contribution >= 4 is 22.6 Å². The summed E-state index contributed by atoms with van der Waals surface area (Å²) in [4.78, 5) is 0. The predicted octanol–water partition coefficient (Wildman–Crippen LogP) is 2.45. The molecule has 0 unspecified atom stereocenters. The zero-order chi connectivity index (χ0) is 7.65. The third-order valence-electron chi connectivity index (χ3n) is 1.48. The molecule has 0 spiro atoms. The van der Waals surface area contributed by atoms with Crippen molar-refractivity contribution in [3.8, 4) is 0 Å². The van der Waals surface area contributed by atoms with Gasteiger partial charge in [0.05, 0.1) is 0 Å². The lowest BCUT2D eigenvalue weighted by Crippen LogP contribution is -2.15. The highest BCUT2D eigenvalue weighted by Gasteiger charge is 2.15. The summed E-state index contributed by atoms with van der Waals surface area (Å²) in [5, 5.41) is 0. The third kappa shape index (κ3) is 3.08. The minimum absolute atomic E-state index is 0.205. The summed E-state index contributed by atoms with van der Waals surface area (Å²) in [5.41, 5.74) is 7.80. The average molecular weight is 239 g/mol. The zero-order valence-electron chi connectivity index (χ0n) is 6.46. The Bertz CT molecular complexity index is 126. The van der Waals surface area contributed by atoms with E-state index in [1.165, 1.54) is 5.57 Å². The molecule has 0 aromatic carbocycles. The van der Waals surface area contributed by atoms with Crippen LogP contribution in [0.25, 0.3) is 0 Å². The van der Waals surface area contributed by atoms with Crippen LogP contribution in [0, 0.1) is 0 Å². The maximum Gasteiger partial charge on any atom is 0.0390 e. The van der Waals surface area contributed by atoms with Gasteiger partial charge in [-0.2, -0.15) is 0 Å². The van der Waals surface area contributed by atoms with E-state index < -0.39 is 0 Å². The molecule has 0 saturated heterocycles. The molecule has 9 heavy (non-hydrogen) atoms. The van der Waals surface area contributed by atoms with Crippen molar-refractivity contribution in [1.82, 2.24) is 0 Å². The Morgan fingerprint density at radius 3 is 1.67 bits per heavy atom. The summed E-state index contributed by atoms with van der Waals surface area (Å²) in [5.74, 6) is 0. The molecule has 0 fully saturated rings. The first-order valence-corrected chi connectivity index (χ1v) is 4.06. The molecule has 54 valence electrons. The monoisotopic (exact) mass is 239 g/mol. The molecule has 0 saturated carbocycles. The quantitative estimate of drug-likeness (QED) is 0.552. The lowest BCUT2D eigenvalue weighted by molar-refractivity contribution is 0.852. The second kappa shape index (κ2) is 2.90. The van der Waals surface area contributed by atoms with Crippen molar-refractivity contribution in [3.05, 3.63) is 11.3 Å². The number of allylic oxidation sites excluding steroid dienone is 2. The van der Waals surface area contributed by atoms with Crippen molar-refractivity contribution in [3.63, 3.8) is 0 Å². The number of hydrogen-bond donors (Lipinski definition) is 1. The highest BCUT2D eigenvalue weighted by molar-refractivity contribution is 14.1. The van der Waals surface area contributed by atoms with Gasteiger partial charge in [0.2, 0.25) is 0 Å². The molecule has 0 aliphatic carbocycles. The Balaban J connectivity index is 4.40. The molecule has 0 rings (SSSR count). The van der Waals surface area contributed by atoms with Gasteiger partial charge in [-0.25, -0.2) is 0 Å². The Labute approximate surface area is 70.8 Å². The van der Waals surface area contributed by atoms with Gasteiger partial charge in [-0.05, 0) is 33.3 Å². The van der Waals surface area contributed by atoms with Gasteiger partial charge in [-0.1, -0.05) is 22.6 Å². The summed E-state index contributed by atoms with van der Waals surface area (Å²) < 4.78 is 0.205. The van der Waals surface area contributed by atoms with Crippen LogP contribution in [0.4, 0.5) is 0 Å². The van der Waals surface area contributed by atoms with E-state index in [-0.39, 0.29) is 3.42 Å². The number of rotatable bonds is 1. The van der Waals surface area contributed by atoms with E-state index >= 15 is 0 Å². The molecular formula is C7H14IN. The van der Waals surface area contributed by atoms with E-state index in [1.54, 1.807) is 0 Å². The topological polar surface area (TPSA) is 26.0 Å². The van der Waals surface area contributed by atoms with Gasteiger partial charge >= 0.3 is 0 Å². The molecule has 0 atom stereocenters. The van der Waals surface area contributed by atoms with Crippen molar-refractivity contribution in [2.24, 2.45) is 5.73 Å². The zero-order valence-corrected chi connectivity index (χ0v) is 8.61. The van der Waals surface area contributed by atoms with Gasteiger partial charge < -0.3 is 5.73 Å². The average Bonchev–Trinajstić information content (AvgIpc) is 1.62. The minimum Gasteiger partial charge on any atom is -0.402 e. The van der Waals surface area contributed by atoms with Crippen LogP contribution in [-0.2, 0) is 0 Å². The van der Waals surface area contributed by atoms with Crippen LogP contribution < -0.4 is 5.73 Å². The summed E-state index contributed by atoms with van der Waals surface area (Å²) >= 11 is 2.38. The number of nitrogens with two attached hydrogens (primary N) is 1. The van der Waals surface area contributed by atoms with E-state index in [0.29, 0.717) is 0 Å². The van der Waals surface area contributed by atoms with E-state index in [2.05, 4.69) is 43.4 Å². The van der Waals surface area contributed by atoms with Crippen LogP contribution in [0.1, 0.15) is 27.7 Å². The molecule has 0 aliphatic heterocycles. The highest BCUT2D eigenvalue weighted by Crippen LogP contribution is 2.27. The van der Waals surface area contributed by atoms with E-state index in [0.717, 1.165) is 5.70 Å². The predicted molar refractivity (Wildman–Crippen MR) is 50.7 cm³/mol. The number of alkyl halides is 1. The van der Waals surface area contributed by atoms with Crippen LogP contribution in [0.15, 0.2) is 11.3 Å². The molecular weight excluding hydrogens is 225 g/mol. The fourth-order valence-electron chi connectivity index (χ4n) is 0.469. The SMILES string of the molecule is C/C(N)=C(/C)C(C)(C)I. The maximum atomic E-state index is 5.60. The Kier molecular flexibility index (Phi) is 2.99. The lowest BCUT2D eigenvalue weighted by Gasteiger charge is -2.18. The van der Waals surface area contributed by atoms with Crippen LogP contribution in [0.2, 0.25) is 0 Å². The van der Waals surface area contributed by atoms with Crippen LogP contribution in [0.5, 0.6) is 0 Å². The molecule has 0 amide bonds. The molecule has 0 radical (unpaired) electrons. The van der Waals surface area contributed by atoms with Gasteiger partial charge in [0.25, 0.3) is 0 Å². The highest BCUT2D eigenvalue weighted by atomic mass is 127. The van der Waals surface area contributed by atoms with Crippen molar-refractivity contribution in [2.45, 2.75) is 31.1 Å². The molecule has 2 heteroatoms. The Morgan fingerprint density at radius 1 is 1.33 bits per heavy atom. The molecule has 0 aromatic rings.